The maximum Gasteiger partial charge on any atom is 0.115 e. The van der Waals surface area contributed by atoms with Crippen molar-refractivity contribution in [3.8, 4) is 11.5 Å². The summed E-state index contributed by atoms with van der Waals surface area (Å²) in [6.45, 7) is 0. The van der Waals surface area contributed by atoms with Crippen molar-refractivity contribution in [2.24, 2.45) is 0 Å². The number of hydrogen-bond acceptors (Lipinski definition) is 3. The number of aromatic hydroxyl groups is 2. The van der Waals surface area contributed by atoms with Crippen LogP contribution in [0.3, 0.4) is 0 Å². The van der Waals surface area contributed by atoms with E-state index in [1.54, 1.807) is 36.0 Å². The number of rotatable bonds is 3. The van der Waals surface area contributed by atoms with Crippen LogP contribution < -0.4 is 0 Å². The van der Waals surface area contributed by atoms with E-state index in [0.29, 0.717) is 5.75 Å². The lowest BCUT2D eigenvalue weighted by Gasteiger charge is -2.02. The number of benzene rings is 2. The van der Waals surface area contributed by atoms with Crippen molar-refractivity contribution in [1.29, 1.82) is 0 Å². The van der Waals surface area contributed by atoms with Crippen LogP contribution >= 0.6 is 11.8 Å². The van der Waals surface area contributed by atoms with Crippen LogP contribution in [0.2, 0.25) is 0 Å². The van der Waals surface area contributed by atoms with Crippen molar-refractivity contribution >= 4 is 11.8 Å². The molecule has 2 rings (SSSR count). The Bertz CT molecular complexity index is 403. The van der Waals surface area contributed by atoms with Gasteiger partial charge in [0.25, 0.3) is 0 Å². The van der Waals surface area contributed by atoms with Crippen LogP contribution in [0, 0.1) is 0 Å². The lowest BCUT2D eigenvalue weighted by Crippen LogP contribution is -1.79. The van der Waals surface area contributed by atoms with Gasteiger partial charge in [-0.05, 0) is 42.0 Å². The molecule has 2 N–H and O–H groups in total. The van der Waals surface area contributed by atoms with E-state index in [9.17, 15) is 0 Å². The Hall–Kier alpha value is -1.61. The summed E-state index contributed by atoms with van der Waals surface area (Å²) in [6.07, 6.45) is 0. The maximum absolute atomic E-state index is 9.14. The van der Waals surface area contributed by atoms with Crippen molar-refractivity contribution in [3.63, 3.8) is 0 Å². The third-order valence-electron chi connectivity index (χ3n) is 2.18. The molecule has 82 valence electrons. The molecule has 0 amide bonds. The standard InChI is InChI=1S/C13H12O2S/c14-11-3-1-10(2-4-11)9-16-13-7-5-12(15)6-8-13/h1-8,14-15H,9H2. The Labute approximate surface area is 98.6 Å². The maximum atomic E-state index is 9.14. The third-order valence-corrected chi connectivity index (χ3v) is 3.26. The van der Waals surface area contributed by atoms with Crippen LogP contribution in [0.15, 0.2) is 53.4 Å². The summed E-state index contributed by atoms with van der Waals surface area (Å²) in [5.41, 5.74) is 1.16. The number of thioether (sulfide) groups is 1. The number of phenols is 2. The van der Waals surface area contributed by atoms with Crippen LogP contribution in [0.1, 0.15) is 5.56 Å². The molecule has 2 nitrogen and oxygen atoms in total. The molecule has 0 heterocycles. The van der Waals surface area contributed by atoms with E-state index in [1.165, 1.54) is 0 Å². The van der Waals surface area contributed by atoms with Gasteiger partial charge in [0.05, 0.1) is 0 Å². The molecule has 0 atom stereocenters. The molecule has 0 aliphatic carbocycles. The predicted molar refractivity (Wildman–Crippen MR) is 65.8 cm³/mol. The lowest BCUT2D eigenvalue weighted by molar-refractivity contribution is 0.474. The zero-order valence-electron chi connectivity index (χ0n) is 8.63. The van der Waals surface area contributed by atoms with Crippen molar-refractivity contribution in [3.05, 3.63) is 54.1 Å². The summed E-state index contributed by atoms with van der Waals surface area (Å²) >= 11 is 1.70. The molecule has 3 heteroatoms. The van der Waals surface area contributed by atoms with Crippen molar-refractivity contribution < 1.29 is 10.2 Å². The highest BCUT2D eigenvalue weighted by atomic mass is 32.2. The lowest BCUT2D eigenvalue weighted by atomic mass is 10.2. The van der Waals surface area contributed by atoms with E-state index < -0.39 is 0 Å². The first-order valence-corrected chi connectivity index (χ1v) is 5.92. The molecule has 0 aliphatic rings. The fourth-order valence-corrected chi connectivity index (χ4v) is 2.16. The summed E-state index contributed by atoms with van der Waals surface area (Å²) in [6, 6.07) is 14.3. The molecule has 0 aromatic heterocycles. The van der Waals surface area contributed by atoms with Gasteiger partial charge in [-0.1, -0.05) is 12.1 Å². The SMILES string of the molecule is Oc1ccc(CSc2ccc(O)cc2)cc1. The van der Waals surface area contributed by atoms with Gasteiger partial charge in [0.1, 0.15) is 11.5 Å². The smallest absolute Gasteiger partial charge is 0.115 e. The second-order valence-electron chi connectivity index (χ2n) is 3.45. The zero-order valence-corrected chi connectivity index (χ0v) is 9.45. The van der Waals surface area contributed by atoms with Gasteiger partial charge in [0.15, 0.2) is 0 Å². The zero-order chi connectivity index (χ0) is 11.4. The summed E-state index contributed by atoms with van der Waals surface area (Å²) in [5.74, 6) is 1.43. The molecule has 0 saturated carbocycles. The highest BCUT2D eigenvalue weighted by molar-refractivity contribution is 7.98. The van der Waals surface area contributed by atoms with Gasteiger partial charge < -0.3 is 10.2 Å². The molecule has 2 aromatic carbocycles. The van der Waals surface area contributed by atoms with Gasteiger partial charge >= 0.3 is 0 Å². The summed E-state index contributed by atoms with van der Waals surface area (Å²) in [7, 11) is 0. The minimum Gasteiger partial charge on any atom is -0.508 e. The van der Waals surface area contributed by atoms with Crippen molar-refractivity contribution in [2.45, 2.75) is 10.6 Å². The topological polar surface area (TPSA) is 40.5 Å². The van der Waals surface area contributed by atoms with Crippen molar-refractivity contribution in [1.82, 2.24) is 0 Å². The van der Waals surface area contributed by atoms with Crippen LogP contribution in [-0.2, 0) is 5.75 Å². The molecular formula is C13H12O2S. The van der Waals surface area contributed by atoms with E-state index in [2.05, 4.69) is 0 Å². The molecule has 0 aliphatic heterocycles. The Balaban J connectivity index is 1.97. The third kappa shape index (κ3) is 2.94. The predicted octanol–water partition coefficient (Wildman–Crippen LogP) is 3.39. The summed E-state index contributed by atoms with van der Waals surface area (Å²) in [4.78, 5) is 1.12. The van der Waals surface area contributed by atoms with E-state index >= 15 is 0 Å². The van der Waals surface area contributed by atoms with Crippen LogP contribution in [0.25, 0.3) is 0 Å². The Kier molecular flexibility index (Phi) is 3.37. The van der Waals surface area contributed by atoms with E-state index in [0.717, 1.165) is 16.2 Å². The van der Waals surface area contributed by atoms with Gasteiger partial charge in [-0.3, -0.25) is 0 Å². The molecule has 0 fully saturated rings. The quantitative estimate of drug-likeness (QED) is 0.797. The van der Waals surface area contributed by atoms with Crippen molar-refractivity contribution in [2.75, 3.05) is 0 Å². The Morgan fingerprint density at radius 2 is 1.25 bits per heavy atom. The Morgan fingerprint density at radius 1 is 0.750 bits per heavy atom. The summed E-state index contributed by atoms with van der Waals surface area (Å²) in [5, 5.41) is 18.3. The average molecular weight is 232 g/mol. The van der Waals surface area contributed by atoms with Gasteiger partial charge in [0, 0.05) is 10.6 Å². The van der Waals surface area contributed by atoms with E-state index in [-0.39, 0.29) is 5.75 Å². The Morgan fingerprint density at radius 3 is 1.81 bits per heavy atom. The molecule has 16 heavy (non-hydrogen) atoms. The van der Waals surface area contributed by atoms with Gasteiger partial charge in [-0.15, -0.1) is 11.8 Å². The minimum atomic E-state index is 0.286. The normalized spacial score (nSPS) is 10.2. The monoisotopic (exact) mass is 232 g/mol. The van der Waals surface area contributed by atoms with E-state index in [1.807, 2.05) is 24.3 Å². The fourth-order valence-electron chi connectivity index (χ4n) is 1.30. The first-order chi connectivity index (χ1) is 7.74. The molecule has 0 radical (unpaired) electrons. The van der Waals surface area contributed by atoms with E-state index in [4.69, 9.17) is 10.2 Å². The number of hydrogen-bond donors (Lipinski definition) is 2. The molecular weight excluding hydrogens is 220 g/mol. The molecule has 0 spiro atoms. The second kappa shape index (κ2) is 4.94. The highest BCUT2D eigenvalue weighted by Crippen LogP contribution is 2.25. The van der Waals surface area contributed by atoms with Gasteiger partial charge in [0.2, 0.25) is 0 Å². The molecule has 0 bridgehead atoms. The highest BCUT2D eigenvalue weighted by Gasteiger charge is 1.97. The van der Waals surface area contributed by atoms with Crippen LogP contribution in [-0.4, -0.2) is 10.2 Å². The first-order valence-electron chi connectivity index (χ1n) is 4.94. The van der Waals surface area contributed by atoms with Crippen LogP contribution in [0.5, 0.6) is 11.5 Å². The van der Waals surface area contributed by atoms with Crippen LogP contribution in [0.4, 0.5) is 0 Å². The molecule has 0 unspecified atom stereocenters. The van der Waals surface area contributed by atoms with Gasteiger partial charge in [-0.25, -0.2) is 0 Å². The summed E-state index contributed by atoms with van der Waals surface area (Å²) < 4.78 is 0. The fraction of sp³-hybridized carbons (Fsp3) is 0.0769. The average Bonchev–Trinajstić information content (AvgIpc) is 2.30. The number of phenolic OH excluding ortho intramolecular Hbond substituents is 2. The van der Waals surface area contributed by atoms with Gasteiger partial charge in [-0.2, -0.15) is 0 Å². The minimum absolute atomic E-state index is 0.286. The largest absolute Gasteiger partial charge is 0.508 e. The molecule has 2 aromatic rings. The molecule has 0 saturated heterocycles. The second-order valence-corrected chi connectivity index (χ2v) is 4.50. The first kappa shape index (κ1) is 10.9.